The van der Waals surface area contributed by atoms with Crippen molar-refractivity contribution in [3.63, 3.8) is 0 Å². The fourth-order valence-corrected chi connectivity index (χ4v) is 3.95. The Balaban J connectivity index is 1.55. The summed E-state index contributed by atoms with van der Waals surface area (Å²) in [6.07, 6.45) is 4.22. The van der Waals surface area contributed by atoms with E-state index in [0.717, 1.165) is 18.8 Å². The predicted octanol–water partition coefficient (Wildman–Crippen LogP) is 3.34. The Labute approximate surface area is 147 Å². The van der Waals surface area contributed by atoms with Crippen LogP contribution in [0.15, 0.2) is 41.9 Å². The lowest BCUT2D eigenvalue weighted by Gasteiger charge is -2.27. The zero-order valence-electron chi connectivity index (χ0n) is 13.9. The molecular weight excluding hydrogens is 320 g/mol. The molecule has 1 saturated heterocycles. The number of hydrogen-bond acceptors (Lipinski definition) is 4. The average Bonchev–Trinajstić information content (AvgIpc) is 3.30. The summed E-state index contributed by atoms with van der Waals surface area (Å²) in [5.41, 5.74) is 0.863. The SMILES string of the molecule is CC(NC(=O)NCC(c1cccs1)N1CCCC1)c1ccccn1. The number of carbonyl (C=O) groups excluding carboxylic acids is 1. The first-order chi connectivity index (χ1) is 11.7. The Hall–Kier alpha value is -1.92. The van der Waals surface area contributed by atoms with Gasteiger partial charge in [-0.2, -0.15) is 0 Å². The molecule has 1 aliphatic heterocycles. The Morgan fingerprint density at radius 2 is 2.12 bits per heavy atom. The summed E-state index contributed by atoms with van der Waals surface area (Å²) in [6.45, 7) is 4.78. The molecule has 0 saturated carbocycles. The lowest BCUT2D eigenvalue weighted by atomic mass is 10.2. The van der Waals surface area contributed by atoms with Crippen LogP contribution in [-0.4, -0.2) is 35.5 Å². The molecule has 24 heavy (non-hydrogen) atoms. The van der Waals surface area contributed by atoms with Crippen molar-refractivity contribution < 1.29 is 4.79 Å². The average molecular weight is 344 g/mol. The van der Waals surface area contributed by atoms with Crippen LogP contribution in [0.5, 0.6) is 0 Å². The molecule has 2 aromatic rings. The second-order valence-electron chi connectivity index (χ2n) is 6.10. The number of urea groups is 1. The predicted molar refractivity (Wildman–Crippen MR) is 97.1 cm³/mol. The van der Waals surface area contributed by atoms with Gasteiger partial charge in [-0.3, -0.25) is 9.88 Å². The van der Waals surface area contributed by atoms with Crippen LogP contribution in [-0.2, 0) is 0 Å². The van der Waals surface area contributed by atoms with Gasteiger partial charge in [0, 0.05) is 17.6 Å². The zero-order valence-corrected chi connectivity index (χ0v) is 14.8. The second kappa shape index (κ2) is 8.26. The summed E-state index contributed by atoms with van der Waals surface area (Å²) in [7, 11) is 0. The largest absolute Gasteiger partial charge is 0.336 e. The molecule has 2 unspecified atom stereocenters. The number of rotatable bonds is 6. The van der Waals surface area contributed by atoms with Crippen LogP contribution >= 0.6 is 11.3 Å². The quantitative estimate of drug-likeness (QED) is 0.845. The van der Waals surface area contributed by atoms with E-state index in [4.69, 9.17) is 0 Å². The van der Waals surface area contributed by atoms with Crippen LogP contribution in [0.1, 0.15) is 42.4 Å². The van der Waals surface area contributed by atoms with Gasteiger partial charge in [-0.1, -0.05) is 12.1 Å². The van der Waals surface area contributed by atoms with Gasteiger partial charge in [0.05, 0.1) is 17.8 Å². The lowest BCUT2D eigenvalue weighted by molar-refractivity contribution is 0.220. The van der Waals surface area contributed by atoms with Crippen molar-refractivity contribution >= 4 is 17.4 Å². The Morgan fingerprint density at radius 1 is 1.29 bits per heavy atom. The van der Waals surface area contributed by atoms with Crippen LogP contribution in [0, 0.1) is 0 Å². The molecule has 128 valence electrons. The van der Waals surface area contributed by atoms with Gasteiger partial charge in [0.15, 0.2) is 0 Å². The third kappa shape index (κ3) is 4.33. The lowest BCUT2D eigenvalue weighted by Crippen LogP contribution is -2.42. The number of nitrogens with one attached hydrogen (secondary N) is 2. The summed E-state index contributed by atoms with van der Waals surface area (Å²) in [6, 6.07) is 9.96. The van der Waals surface area contributed by atoms with Gasteiger partial charge < -0.3 is 10.6 Å². The molecule has 0 radical (unpaired) electrons. The van der Waals surface area contributed by atoms with E-state index in [1.165, 1.54) is 17.7 Å². The molecular formula is C18H24N4OS. The highest BCUT2D eigenvalue weighted by molar-refractivity contribution is 7.10. The van der Waals surface area contributed by atoms with E-state index in [2.05, 4.69) is 38.0 Å². The molecule has 0 aliphatic carbocycles. The van der Waals surface area contributed by atoms with Gasteiger partial charge in [0.25, 0.3) is 0 Å². The molecule has 2 atom stereocenters. The van der Waals surface area contributed by atoms with Crippen molar-refractivity contribution in [2.45, 2.75) is 31.8 Å². The summed E-state index contributed by atoms with van der Waals surface area (Å²) < 4.78 is 0. The number of aromatic nitrogens is 1. The maximum Gasteiger partial charge on any atom is 0.315 e. The van der Waals surface area contributed by atoms with E-state index in [1.807, 2.05) is 25.1 Å². The highest BCUT2D eigenvalue weighted by Gasteiger charge is 2.24. The van der Waals surface area contributed by atoms with Crippen LogP contribution in [0.2, 0.25) is 0 Å². The molecule has 3 rings (SSSR count). The molecule has 0 spiro atoms. The maximum absolute atomic E-state index is 12.3. The van der Waals surface area contributed by atoms with E-state index in [-0.39, 0.29) is 18.1 Å². The molecule has 5 nitrogen and oxygen atoms in total. The third-order valence-corrected chi connectivity index (χ3v) is 5.36. The normalized spacial score (nSPS) is 17.4. The van der Waals surface area contributed by atoms with Crippen LogP contribution in [0.3, 0.4) is 0 Å². The molecule has 2 amide bonds. The molecule has 0 aromatic carbocycles. The van der Waals surface area contributed by atoms with E-state index in [0.29, 0.717) is 6.54 Å². The van der Waals surface area contributed by atoms with Crippen molar-refractivity contribution in [1.29, 1.82) is 0 Å². The standard InChI is InChI=1S/C18H24N4OS/c1-14(15-7-2-3-9-19-15)21-18(23)20-13-16(17-8-6-12-24-17)22-10-4-5-11-22/h2-3,6-9,12,14,16H,4-5,10-11,13H2,1H3,(H2,20,21,23). The number of pyridine rings is 1. The number of nitrogens with zero attached hydrogens (tertiary/aromatic N) is 2. The minimum Gasteiger partial charge on any atom is -0.336 e. The van der Waals surface area contributed by atoms with E-state index in [9.17, 15) is 4.79 Å². The number of thiophene rings is 1. The highest BCUT2D eigenvalue weighted by atomic mass is 32.1. The summed E-state index contributed by atoms with van der Waals surface area (Å²) in [4.78, 5) is 20.3. The van der Waals surface area contributed by atoms with Crippen LogP contribution in [0.25, 0.3) is 0 Å². The van der Waals surface area contributed by atoms with Crippen molar-refractivity contribution in [3.05, 3.63) is 52.5 Å². The third-order valence-electron chi connectivity index (χ3n) is 4.39. The fourth-order valence-electron chi connectivity index (χ4n) is 3.09. The molecule has 0 bridgehead atoms. The minimum atomic E-state index is -0.145. The molecule has 3 heterocycles. The smallest absolute Gasteiger partial charge is 0.315 e. The van der Waals surface area contributed by atoms with Gasteiger partial charge in [-0.15, -0.1) is 11.3 Å². The van der Waals surface area contributed by atoms with Crippen molar-refractivity contribution in [1.82, 2.24) is 20.5 Å². The van der Waals surface area contributed by atoms with Gasteiger partial charge in [-0.25, -0.2) is 4.79 Å². The Morgan fingerprint density at radius 3 is 2.79 bits per heavy atom. The molecule has 2 N–H and O–H groups in total. The molecule has 2 aromatic heterocycles. The monoisotopic (exact) mass is 344 g/mol. The van der Waals surface area contributed by atoms with E-state index in [1.54, 1.807) is 17.5 Å². The second-order valence-corrected chi connectivity index (χ2v) is 7.08. The van der Waals surface area contributed by atoms with Crippen molar-refractivity contribution in [2.75, 3.05) is 19.6 Å². The topological polar surface area (TPSA) is 57.3 Å². The fraction of sp³-hybridized carbons (Fsp3) is 0.444. The van der Waals surface area contributed by atoms with E-state index < -0.39 is 0 Å². The van der Waals surface area contributed by atoms with E-state index >= 15 is 0 Å². The summed E-state index contributed by atoms with van der Waals surface area (Å²) in [5, 5.41) is 8.09. The number of hydrogen-bond donors (Lipinski definition) is 2. The van der Waals surface area contributed by atoms with Gasteiger partial charge in [0.2, 0.25) is 0 Å². The first kappa shape index (κ1) is 16.9. The van der Waals surface area contributed by atoms with Gasteiger partial charge >= 0.3 is 6.03 Å². The number of likely N-dealkylation sites (tertiary alicyclic amines) is 1. The molecule has 1 fully saturated rings. The van der Waals surface area contributed by atoms with Crippen molar-refractivity contribution in [2.24, 2.45) is 0 Å². The van der Waals surface area contributed by atoms with Crippen molar-refractivity contribution in [3.8, 4) is 0 Å². The highest BCUT2D eigenvalue weighted by Crippen LogP contribution is 2.27. The summed E-state index contributed by atoms with van der Waals surface area (Å²) >= 11 is 1.76. The first-order valence-corrected chi connectivity index (χ1v) is 9.35. The van der Waals surface area contributed by atoms with Crippen LogP contribution in [0.4, 0.5) is 4.79 Å². The van der Waals surface area contributed by atoms with Gasteiger partial charge in [0.1, 0.15) is 0 Å². The minimum absolute atomic E-state index is 0.113. The first-order valence-electron chi connectivity index (χ1n) is 8.47. The number of amides is 2. The Kier molecular flexibility index (Phi) is 5.82. The Bertz CT molecular complexity index is 626. The molecule has 1 aliphatic rings. The maximum atomic E-state index is 12.3. The number of carbonyl (C=O) groups is 1. The van der Waals surface area contributed by atoms with Gasteiger partial charge in [-0.05, 0) is 56.4 Å². The molecule has 6 heteroatoms. The van der Waals surface area contributed by atoms with Crippen LogP contribution < -0.4 is 10.6 Å². The summed E-state index contributed by atoms with van der Waals surface area (Å²) in [5.74, 6) is 0. The zero-order chi connectivity index (χ0) is 16.8.